The van der Waals surface area contributed by atoms with Crippen molar-refractivity contribution in [3.8, 4) is 5.75 Å². The van der Waals surface area contributed by atoms with Crippen LogP contribution in [0.15, 0.2) is 60.4 Å². The minimum Gasteiger partial charge on any atom is -0.497 e. The van der Waals surface area contributed by atoms with Crippen molar-refractivity contribution in [3.63, 3.8) is 0 Å². The molecule has 2 aromatic carbocycles. The second-order valence-electron chi connectivity index (χ2n) is 7.60. The van der Waals surface area contributed by atoms with E-state index >= 15 is 0 Å². The molecule has 0 fully saturated rings. The number of ether oxygens (including phenoxy) is 2. The van der Waals surface area contributed by atoms with Crippen LogP contribution in [0.5, 0.6) is 5.75 Å². The zero-order valence-corrected chi connectivity index (χ0v) is 16.3. The lowest BCUT2D eigenvalue weighted by molar-refractivity contribution is -0.137. The van der Waals surface area contributed by atoms with E-state index in [1.807, 2.05) is 31.2 Å². The SMILES string of the molecule is COc1ccc(CC(=O)O/C=C(\C)Cc2ccc(C(C)(C)C)cc2)cc1. The van der Waals surface area contributed by atoms with Crippen LogP contribution in [-0.2, 0) is 27.8 Å². The number of carbonyl (C=O) groups excluding carboxylic acids is 1. The molecule has 0 heterocycles. The van der Waals surface area contributed by atoms with E-state index in [0.717, 1.165) is 23.3 Å². The number of hydrogen-bond donors (Lipinski definition) is 0. The number of rotatable bonds is 6. The van der Waals surface area contributed by atoms with Gasteiger partial charge in [-0.25, -0.2) is 0 Å². The summed E-state index contributed by atoms with van der Waals surface area (Å²) in [4.78, 5) is 12.0. The first-order valence-electron chi connectivity index (χ1n) is 8.85. The number of methoxy groups -OCH3 is 1. The maximum Gasteiger partial charge on any atom is 0.315 e. The molecule has 0 bridgehead atoms. The molecule has 3 nitrogen and oxygen atoms in total. The highest BCUT2D eigenvalue weighted by atomic mass is 16.5. The molecular weight excluding hydrogens is 324 g/mol. The summed E-state index contributed by atoms with van der Waals surface area (Å²) in [5.41, 5.74) is 4.59. The molecule has 0 spiro atoms. The van der Waals surface area contributed by atoms with Crippen molar-refractivity contribution in [1.29, 1.82) is 0 Å². The smallest absolute Gasteiger partial charge is 0.315 e. The average molecular weight is 352 g/mol. The van der Waals surface area contributed by atoms with Crippen molar-refractivity contribution < 1.29 is 14.3 Å². The highest BCUT2D eigenvalue weighted by Gasteiger charge is 2.12. The van der Waals surface area contributed by atoms with Crippen LogP contribution in [0.4, 0.5) is 0 Å². The Kier molecular flexibility index (Phi) is 6.62. The molecular formula is C23H28O3. The van der Waals surface area contributed by atoms with E-state index in [2.05, 4.69) is 45.0 Å². The molecule has 2 aromatic rings. The van der Waals surface area contributed by atoms with E-state index in [9.17, 15) is 4.79 Å². The average Bonchev–Trinajstić information content (AvgIpc) is 2.60. The van der Waals surface area contributed by atoms with Gasteiger partial charge in [-0.3, -0.25) is 4.79 Å². The Balaban J connectivity index is 1.87. The van der Waals surface area contributed by atoms with Gasteiger partial charge in [0, 0.05) is 0 Å². The van der Waals surface area contributed by atoms with Crippen molar-refractivity contribution in [2.24, 2.45) is 0 Å². The second kappa shape index (κ2) is 8.70. The van der Waals surface area contributed by atoms with Crippen LogP contribution < -0.4 is 4.74 Å². The summed E-state index contributed by atoms with van der Waals surface area (Å²) in [5.74, 6) is 0.507. The Morgan fingerprint density at radius 2 is 1.46 bits per heavy atom. The van der Waals surface area contributed by atoms with Crippen LogP contribution in [0, 0.1) is 0 Å². The molecule has 0 aromatic heterocycles. The van der Waals surface area contributed by atoms with Crippen molar-refractivity contribution in [2.75, 3.05) is 7.11 Å². The zero-order valence-electron chi connectivity index (χ0n) is 16.3. The van der Waals surface area contributed by atoms with Crippen LogP contribution in [0.25, 0.3) is 0 Å². The minimum absolute atomic E-state index is 0.153. The lowest BCUT2D eigenvalue weighted by atomic mass is 9.86. The van der Waals surface area contributed by atoms with Crippen LogP contribution in [-0.4, -0.2) is 13.1 Å². The predicted octanol–water partition coefficient (Wildman–Crippen LogP) is 5.22. The Labute approximate surface area is 156 Å². The van der Waals surface area contributed by atoms with Crippen LogP contribution in [0.2, 0.25) is 0 Å². The molecule has 0 radical (unpaired) electrons. The Morgan fingerprint density at radius 3 is 2.00 bits per heavy atom. The van der Waals surface area contributed by atoms with Crippen LogP contribution in [0.1, 0.15) is 44.4 Å². The molecule has 0 aliphatic rings. The molecule has 0 saturated carbocycles. The number of carbonyl (C=O) groups is 1. The van der Waals surface area contributed by atoms with Crippen molar-refractivity contribution >= 4 is 5.97 Å². The fourth-order valence-electron chi connectivity index (χ4n) is 2.60. The fraction of sp³-hybridized carbons (Fsp3) is 0.348. The quantitative estimate of drug-likeness (QED) is 0.528. The highest BCUT2D eigenvalue weighted by molar-refractivity contribution is 5.73. The van der Waals surface area contributed by atoms with Gasteiger partial charge in [0.15, 0.2) is 0 Å². The first-order valence-corrected chi connectivity index (χ1v) is 8.85. The number of esters is 1. The lowest BCUT2D eigenvalue weighted by Crippen LogP contribution is -2.10. The van der Waals surface area contributed by atoms with Gasteiger partial charge in [-0.1, -0.05) is 57.2 Å². The van der Waals surface area contributed by atoms with E-state index in [-0.39, 0.29) is 17.8 Å². The third kappa shape index (κ3) is 6.07. The largest absolute Gasteiger partial charge is 0.497 e. The monoisotopic (exact) mass is 352 g/mol. The Bertz CT molecular complexity index is 748. The maximum atomic E-state index is 12.0. The van der Waals surface area contributed by atoms with E-state index in [0.29, 0.717) is 0 Å². The zero-order chi connectivity index (χ0) is 19.2. The molecule has 2 rings (SSSR count). The molecule has 0 unspecified atom stereocenters. The molecule has 138 valence electrons. The van der Waals surface area contributed by atoms with Crippen molar-refractivity contribution in [2.45, 2.75) is 46.0 Å². The topological polar surface area (TPSA) is 35.5 Å². The maximum absolute atomic E-state index is 12.0. The van der Waals surface area contributed by atoms with Gasteiger partial charge in [-0.2, -0.15) is 0 Å². The molecule has 26 heavy (non-hydrogen) atoms. The molecule has 3 heteroatoms. The standard InChI is InChI=1S/C23H28O3/c1-17(14-18-6-10-20(11-7-18)23(2,3)4)16-26-22(24)15-19-8-12-21(25-5)13-9-19/h6-13,16H,14-15H2,1-5H3/b17-16+. The number of hydrogen-bond acceptors (Lipinski definition) is 3. The van der Waals surface area contributed by atoms with Crippen LogP contribution >= 0.6 is 0 Å². The second-order valence-corrected chi connectivity index (χ2v) is 7.60. The summed E-state index contributed by atoms with van der Waals surface area (Å²) in [6.45, 7) is 8.58. The summed E-state index contributed by atoms with van der Waals surface area (Å²) in [7, 11) is 1.62. The van der Waals surface area contributed by atoms with E-state index in [4.69, 9.17) is 9.47 Å². The van der Waals surface area contributed by atoms with Crippen LogP contribution in [0.3, 0.4) is 0 Å². The van der Waals surface area contributed by atoms with Gasteiger partial charge < -0.3 is 9.47 Å². The van der Waals surface area contributed by atoms with Gasteiger partial charge in [0.25, 0.3) is 0 Å². The van der Waals surface area contributed by atoms with Gasteiger partial charge in [-0.15, -0.1) is 0 Å². The number of benzene rings is 2. The molecule has 0 atom stereocenters. The molecule has 0 amide bonds. The normalized spacial score (nSPS) is 12.0. The first-order chi connectivity index (χ1) is 12.3. The van der Waals surface area contributed by atoms with E-state index in [1.54, 1.807) is 13.4 Å². The predicted molar refractivity (Wildman–Crippen MR) is 105 cm³/mol. The molecule has 0 aliphatic carbocycles. The lowest BCUT2D eigenvalue weighted by Gasteiger charge is -2.19. The Morgan fingerprint density at radius 1 is 0.923 bits per heavy atom. The van der Waals surface area contributed by atoms with Crippen molar-refractivity contribution in [1.82, 2.24) is 0 Å². The Hall–Kier alpha value is -2.55. The third-order valence-electron chi connectivity index (χ3n) is 4.20. The van der Waals surface area contributed by atoms with Gasteiger partial charge in [0.2, 0.25) is 0 Å². The summed E-state index contributed by atoms with van der Waals surface area (Å²) in [5, 5.41) is 0. The molecule has 0 aliphatic heterocycles. The summed E-state index contributed by atoms with van der Waals surface area (Å²) < 4.78 is 10.4. The summed E-state index contributed by atoms with van der Waals surface area (Å²) in [6, 6.07) is 16.0. The molecule has 0 N–H and O–H groups in total. The summed E-state index contributed by atoms with van der Waals surface area (Å²) >= 11 is 0. The third-order valence-corrected chi connectivity index (χ3v) is 4.20. The number of allylic oxidation sites excluding steroid dienone is 1. The minimum atomic E-state index is -0.266. The summed E-state index contributed by atoms with van der Waals surface area (Å²) in [6.07, 6.45) is 2.57. The van der Waals surface area contributed by atoms with Gasteiger partial charge >= 0.3 is 5.97 Å². The first kappa shape index (κ1) is 19.8. The molecule has 0 saturated heterocycles. The highest BCUT2D eigenvalue weighted by Crippen LogP contribution is 2.22. The van der Waals surface area contributed by atoms with Gasteiger partial charge in [0.1, 0.15) is 5.75 Å². The van der Waals surface area contributed by atoms with Gasteiger partial charge in [0.05, 0.1) is 19.8 Å². The fourth-order valence-corrected chi connectivity index (χ4v) is 2.60. The van der Waals surface area contributed by atoms with Crippen molar-refractivity contribution in [3.05, 3.63) is 77.1 Å². The van der Waals surface area contributed by atoms with Gasteiger partial charge in [-0.05, 0) is 53.2 Å². The van der Waals surface area contributed by atoms with E-state index in [1.165, 1.54) is 11.1 Å². The van der Waals surface area contributed by atoms with E-state index < -0.39 is 0 Å².